The quantitative estimate of drug-likeness (QED) is 0.642. The van der Waals surface area contributed by atoms with E-state index < -0.39 is 0 Å². The minimum absolute atomic E-state index is 0.488. The zero-order valence-electron chi connectivity index (χ0n) is 7.24. The van der Waals surface area contributed by atoms with Crippen molar-refractivity contribution in [2.24, 2.45) is 0 Å². The number of para-hydroxylation sites is 1. The number of nitrogens with zero attached hydrogens (tertiary/aromatic N) is 1. The maximum absolute atomic E-state index is 5.16. The van der Waals surface area contributed by atoms with E-state index in [2.05, 4.69) is 25.1 Å². The van der Waals surface area contributed by atoms with Crippen LogP contribution < -0.4 is 0 Å². The SMILES string of the molecule is CC(C)c1cccc2cnoc12. The molecule has 0 unspecified atom stereocenters. The van der Waals surface area contributed by atoms with Crippen LogP contribution in [0, 0.1) is 0 Å². The zero-order chi connectivity index (χ0) is 8.55. The summed E-state index contributed by atoms with van der Waals surface area (Å²) in [4.78, 5) is 0. The molecule has 0 amide bonds. The molecular weight excluding hydrogens is 150 g/mol. The van der Waals surface area contributed by atoms with Crippen molar-refractivity contribution >= 4 is 11.0 Å². The first kappa shape index (κ1) is 7.35. The number of benzene rings is 1. The molecule has 0 aliphatic heterocycles. The summed E-state index contributed by atoms with van der Waals surface area (Å²) >= 11 is 0. The third-order valence-electron chi connectivity index (χ3n) is 2.03. The third-order valence-corrected chi connectivity index (χ3v) is 2.03. The number of aromatic nitrogens is 1. The molecule has 1 heterocycles. The number of hydrogen-bond acceptors (Lipinski definition) is 2. The highest BCUT2D eigenvalue weighted by Gasteiger charge is 2.07. The molecule has 2 heteroatoms. The molecule has 0 fully saturated rings. The smallest absolute Gasteiger partial charge is 0.170 e. The molecule has 0 saturated heterocycles. The van der Waals surface area contributed by atoms with Crippen molar-refractivity contribution < 1.29 is 4.52 Å². The third kappa shape index (κ3) is 0.998. The van der Waals surface area contributed by atoms with Gasteiger partial charge in [0.15, 0.2) is 5.58 Å². The van der Waals surface area contributed by atoms with E-state index in [0.29, 0.717) is 5.92 Å². The molecule has 1 aromatic carbocycles. The van der Waals surface area contributed by atoms with E-state index >= 15 is 0 Å². The Labute approximate surface area is 71.2 Å². The lowest BCUT2D eigenvalue weighted by Gasteiger charge is -2.03. The van der Waals surface area contributed by atoms with Crippen molar-refractivity contribution in [3.63, 3.8) is 0 Å². The van der Waals surface area contributed by atoms with Crippen LogP contribution in [0.25, 0.3) is 11.0 Å². The summed E-state index contributed by atoms with van der Waals surface area (Å²) in [6, 6.07) is 6.13. The van der Waals surface area contributed by atoms with Gasteiger partial charge in [-0.05, 0) is 12.0 Å². The molecule has 0 atom stereocenters. The Bertz CT molecular complexity index is 389. The van der Waals surface area contributed by atoms with E-state index in [1.165, 1.54) is 5.56 Å². The van der Waals surface area contributed by atoms with Gasteiger partial charge in [-0.25, -0.2) is 0 Å². The minimum atomic E-state index is 0.488. The Morgan fingerprint density at radius 1 is 1.33 bits per heavy atom. The minimum Gasteiger partial charge on any atom is -0.356 e. The van der Waals surface area contributed by atoms with Crippen molar-refractivity contribution in [2.45, 2.75) is 19.8 Å². The van der Waals surface area contributed by atoms with Crippen LogP contribution in [-0.4, -0.2) is 5.16 Å². The summed E-state index contributed by atoms with van der Waals surface area (Å²) in [6.45, 7) is 4.30. The Kier molecular flexibility index (Phi) is 1.61. The van der Waals surface area contributed by atoms with Gasteiger partial charge in [-0.3, -0.25) is 0 Å². The van der Waals surface area contributed by atoms with E-state index in [1.54, 1.807) is 6.20 Å². The van der Waals surface area contributed by atoms with Crippen molar-refractivity contribution in [3.05, 3.63) is 30.0 Å². The van der Waals surface area contributed by atoms with E-state index in [0.717, 1.165) is 11.0 Å². The summed E-state index contributed by atoms with van der Waals surface area (Å²) in [5.41, 5.74) is 2.15. The fraction of sp³-hybridized carbons (Fsp3) is 0.300. The van der Waals surface area contributed by atoms with Gasteiger partial charge in [0.2, 0.25) is 0 Å². The maximum atomic E-state index is 5.16. The van der Waals surface area contributed by atoms with Crippen LogP contribution in [-0.2, 0) is 0 Å². The van der Waals surface area contributed by atoms with Gasteiger partial charge in [0.1, 0.15) is 0 Å². The lowest BCUT2D eigenvalue weighted by molar-refractivity contribution is 0.453. The highest BCUT2D eigenvalue weighted by Crippen LogP contribution is 2.24. The van der Waals surface area contributed by atoms with E-state index in [1.807, 2.05) is 12.1 Å². The summed E-state index contributed by atoms with van der Waals surface area (Å²) in [6.07, 6.45) is 1.75. The lowest BCUT2D eigenvalue weighted by atomic mass is 10.0. The van der Waals surface area contributed by atoms with E-state index in [9.17, 15) is 0 Å². The van der Waals surface area contributed by atoms with Gasteiger partial charge < -0.3 is 4.52 Å². The van der Waals surface area contributed by atoms with Gasteiger partial charge in [0, 0.05) is 10.9 Å². The molecule has 0 N–H and O–H groups in total. The van der Waals surface area contributed by atoms with E-state index in [-0.39, 0.29) is 0 Å². The van der Waals surface area contributed by atoms with Gasteiger partial charge in [-0.2, -0.15) is 0 Å². The first-order valence-corrected chi connectivity index (χ1v) is 4.12. The van der Waals surface area contributed by atoms with Crippen LogP contribution in [0.3, 0.4) is 0 Å². The lowest BCUT2D eigenvalue weighted by Crippen LogP contribution is -1.86. The van der Waals surface area contributed by atoms with Crippen molar-refractivity contribution in [1.29, 1.82) is 0 Å². The molecule has 0 radical (unpaired) electrons. The van der Waals surface area contributed by atoms with Gasteiger partial charge in [-0.1, -0.05) is 31.1 Å². The average molecular weight is 161 g/mol. The molecular formula is C10H11NO. The van der Waals surface area contributed by atoms with Crippen molar-refractivity contribution in [1.82, 2.24) is 5.16 Å². The van der Waals surface area contributed by atoms with Gasteiger partial charge in [0.25, 0.3) is 0 Å². The molecule has 2 nitrogen and oxygen atoms in total. The summed E-state index contributed by atoms with van der Waals surface area (Å²) < 4.78 is 5.16. The molecule has 1 aromatic heterocycles. The van der Waals surface area contributed by atoms with Crippen molar-refractivity contribution in [3.8, 4) is 0 Å². The van der Waals surface area contributed by atoms with Crippen LogP contribution >= 0.6 is 0 Å². The predicted molar refractivity (Wildman–Crippen MR) is 48.1 cm³/mol. The summed E-state index contributed by atoms with van der Waals surface area (Å²) in [5.74, 6) is 0.488. The molecule has 0 aliphatic rings. The molecule has 62 valence electrons. The molecule has 0 aliphatic carbocycles. The monoisotopic (exact) mass is 161 g/mol. The fourth-order valence-electron chi connectivity index (χ4n) is 1.37. The first-order chi connectivity index (χ1) is 5.79. The predicted octanol–water partition coefficient (Wildman–Crippen LogP) is 2.95. The zero-order valence-corrected chi connectivity index (χ0v) is 7.24. The van der Waals surface area contributed by atoms with Gasteiger partial charge in [0.05, 0.1) is 6.20 Å². The Balaban J connectivity index is 2.73. The van der Waals surface area contributed by atoms with Crippen LogP contribution in [0.15, 0.2) is 28.9 Å². The number of fused-ring (bicyclic) bond motifs is 1. The molecule has 0 saturated carbocycles. The number of rotatable bonds is 1. The Morgan fingerprint density at radius 3 is 2.92 bits per heavy atom. The van der Waals surface area contributed by atoms with E-state index in [4.69, 9.17) is 4.52 Å². The second kappa shape index (κ2) is 2.63. The van der Waals surface area contributed by atoms with Crippen LogP contribution in [0.1, 0.15) is 25.3 Å². The molecule has 2 rings (SSSR count). The van der Waals surface area contributed by atoms with Crippen LogP contribution in [0.5, 0.6) is 0 Å². The van der Waals surface area contributed by atoms with Crippen LogP contribution in [0.2, 0.25) is 0 Å². The standard InChI is InChI=1S/C10H11NO/c1-7(2)9-5-3-4-8-6-11-12-10(8)9/h3-7H,1-2H3. The van der Waals surface area contributed by atoms with Crippen LogP contribution in [0.4, 0.5) is 0 Å². The second-order valence-corrected chi connectivity index (χ2v) is 3.25. The highest BCUT2D eigenvalue weighted by molar-refractivity contribution is 5.79. The average Bonchev–Trinajstić information content (AvgIpc) is 2.49. The summed E-state index contributed by atoms with van der Waals surface area (Å²) in [5, 5.41) is 4.85. The number of hydrogen-bond donors (Lipinski definition) is 0. The van der Waals surface area contributed by atoms with Crippen molar-refractivity contribution in [2.75, 3.05) is 0 Å². The molecule has 0 spiro atoms. The first-order valence-electron chi connectivity index (χ1n) is 4.12. The molecule has 0 bridgehead atoms. The molecule has 2 aromatic rings. The van der Waals surface area contributed by atoms with Gasteiger partial charge in [-0.15, -0.1) is 0 Å². The summed E-state index contributed by atoms with van der Waals surface area (Å²) in [7, 11) is 0. The molecule has 12 heavy (non-hydrogen) atoms. The Morgan fingerprint density at radius 2 is 2.17 bits per heavy atom. The van der Waals surface area contributed by atoms with Gasteiger partial charge >= 0.3 is 0 Å². The topological polar surface area (TPSA) is 26.0 Å². The largest absolute Gasteiger partial charge is 0.356 e. The highest BCUT2D eigenvalue weighted by atomic mass is 16.5. The maximum Gasteiger partial charge on any atom is 0.170 e. The fourth-order valence-corrected chi connectivity index (χ4v) is 1.37. The Hall–Kier alpha value is -1.31. The normalized spacial score (nSPS) is 11.2. The second-order valence-electron chi connectivity index (χ2n) is 3.25.